The average Bonchev–Trinajstić information content (AvgIpc) is 2.63. The van der Waals surface area contributed by atoms with Gasteiger partial charge in [0.15, 0.2) is 11.5 Å². The molecule has 0 aromatic heterocycles. The van der Waals surface area contributed by atoms with E-state index in [1.807, 2.05) is 38.3 Å². The summed E-state index contributed by atoms with van der Waals surface area (Å²) in [7, 11) is -3.61. The highest BCUT2D eigenvalue weighted by atomic mass is 32.2. The van der Waals surface area contributed by atoms with E-state index in [1.165, 1.54) is 0 Å². The van der Waals surface area contributed by atoms with Crippen molar-refractivity contribution < 1.29 is 17.9 Å². The van der Waals surface area contributed by atoms with E-state index in [2.05, 4.69) is 4.72 Å². The first-order valence-electron chi connectivity index (χ1n) is 8.47. The molecule has 1 atom stereocenters. The highest BCUT2D eigenvalue weighted by molar-refractivity contribution is 7.98. The van der Waals surface area contributed by atoms with Crippen molar-refractivity contribution in [2.45, 2.75) is 36.6 Å². The maximum Gasteiger partial charge on any atom is 0.241 e. The Morgan fingerprint density at radius 2 is 1.62 bits per heavy atom. The number of hydrogen-bond acceptors (Lipinski definition) is 5. The lowest BCUT2D eigenvalue weighted by Crippen LogP contribution is -2.26. The second-order valence-electron chi connectivity index (χ2n) is 5.59. The summed E-state index contributed by atoms with van der Waals surface area (Å²) >= 11 is 1.57. The summed E-state index contributed by atoms with van der Waals surface area (Å²) in [5.74, 6) is 1.27. The molecule has 0 amide bonds. The Morgan fingerprint density at radius 3 is 2.19 bits per heavy atom. The Kier molecular flexibility index (Phi) is 7.37. The minimum Gasteiger partial charge on any atom is -0.490 e. The lowest BCUT2D eigenvalue weighted by molar-refractivity contribution is 0.287. The van der Waals surface area contributed by atoms with Gasteiger partial charge in [-0.25, -0.2) is 13.1 Å². The van der Waals surface area contributed by atoms with Gasteiger partial charge in [-0.1, -0.05) is 6.07 Å². The van der Waals surface area contributed by atoms with Crippen LogP contribution in [0.15, 0.2) is 52.3 Å². The van der Waals surface area contributed by atoms with Crippen LogP contribution >= 0.6 is 11.8 Å². The zero-order chi connectivity index (χ0) is 19.2. The van der Waals surface area contributed by atoms with E-state index >= 15 is 0 Å². The second-order valence-corrected chi connectivity index (χ2v) is 8.18. The Labute approximate surface area is 160 Å². The largest absolute Gasteiger partial charge is 0.490 e. The first-order valence-corrected chi connectivity index (χ1v) is 11.2. The van der Waals surface area contributed by atoms with Gasteiger partial charge in [0.25, 0.3) is 0 Å². The van der Waals surface area contributed by atoms with Gasteiger partial charge < -0.3 is 9.47 Å². The molecule has 0 saturated carbocycles. The van der Waals surface area contributed by atoms with Crippen LogP contribution in [0.3, 0.4) is 0 Å². The van der Waals surface area contributed by atoms with Crippen LogP contribution in [-0.2, 0) is 10.0 Å². The van der Waals surface area contributed by atoms with Crippen LogP contribution < -0.4 is 14.2 Å². The van der Waals surface area contributed by atoms with Crippen LogP contribution in [0.25, 0.3) is 0 Å². The fraction of sp³-hybridized carbons (Fsp3) is 0.368. The van der Waals surface area contributed by atoms with Gasteiger partial charge in [0.2, 0.25) is 10.0 Å². The molecule has 0 radical (unpaired) electrons. The molecule has 0 heterocycles. The van der Waals surface area contributed by atoms with Crippen molar-refractivity contribution >= 4 is 21.8 Å². The summed E-state index contributed by atoms with van der Waals surface area (Å²) in [6.07, 6.45) is 1.95. The standard InChI is InChI=1S/C19H25NO4S2/c1-5-23-18-12-7-15(13-19(18)24-6-2)14(3)20-26(21,22)17-10-8-16(25-4)9-11-17/h7-14,20H,5-6H2,1-4H3/t14-/m1/s1. The van der Waals surface area contributed by atoms with Crippen LogP contribution in [-0.4, -0.2) is 27.9 Å². The molecule has 2 aromatic carbocycles. The SMILES string of the molecule is CCOc1ccc([C@@H](C)NS(=O)(=O)c2ccc(SC)cc2)cc1OCC. The molecule has 0 spiro atoms. The summed E-state index contributed by atoms with van der Waals surface area (Å²) < 4.78 is 39.1. The molecule has 2 rings (SSSR count). The van der Waals surface area contributed by atoms with Crippen LogP contribution in [0, 0.1) is 0 Å². The molecular formula is C19H25NO4S2. The van der Waals surface area contributed by atoms with E-state index in [4.69, 9.17) is 9.47 Å². The molecule has 142 valence electrons. The fourth-order valence-electron chi connectivity index (χ4n) is 2.46. The Morgan fingerprint density at radius 1 is 1.00 bits per heavy atom. The third-order valence-electron chi connectivity index (χ3n) is 3.77. The molecule has 26 heavy (non-hydrogen) atoms. The van der Waals surface area contributed by atoms with Gasteiger partial charge in [0, 0.05) is 10.9 Å². The number of sulfonamides is 1. The van der Waals surface area contributed by atoms with Crippen molar-refractivity contribution in [2.24, 2.45) is 0 Å². The van der Waals surface area contributed by atoms with Gasteiger partial charge in [-0.2, -0.15) is 0 Å². The van der Waals surface area contributed by atoms with E-state index < -0.39 is 16.1 Å². The zero-order valence-electron chi connectivity index (χ0n) is 15.5. The molecule has 0 aliphatic heterocycles. The second kappa shape index (κ2) is 9.30. The van der Waals surface area contributed by atoms with Gasteiger partial charge in [-0.05, 0) is 69.0 Å². The lowest BCUT2D eigenvalue weighted by atomic mass is 10.1. The van der Waals surface area contributed by atoms with Gasteiger partial charge in [0.1, 0.15) is 0 Å². The van der Waals surface area contributed by atoms with E-state index in [1.54, 1.807) is 43.0 Å². The first-order chi connectivity index (χ1) is 12.4. The fourth-order valence-corrected chi connectivity index (χ4v) is 4.10. The molecule has 0 unspecified atom stereocenters. The average molecular weight is 396 g/mol. The molecule has 0 aliphatic carbocycles. The minimum atomic E-state index is -3.61. The quantitative estimate of drug-likeness (QED) is 0.643. The molecule has 0 saturated heterocycles. The van der Waals surface area contributed by atoms with Crippen molar-refractivity contribution in [3.8, 4) is 11.5 Å². The number of rotatable bonds is 9. The number of nitrogens with one attached hydrogen (secondary N) is 1. The van der Waals surface area contributed by atoms with Gasteiger partial charge in [-0.3, -0.25) is 0 Å². The number of ether oxygens (including phenoxy) is 2. The summed E-state index contributed by atoms with van der Waals surface area (Å²) in [5, 5.41) is 0. The molecule has 7 heteroatoms. The molecule has 5 nitrogen and oxygen atoms in total. The maximum atomic E-state index is 12.6. The molecule has 1 N–H and O–H groups in total. The monoisotopic (exact) mass is 395 g/mol. The maximum absolute atomic E-state index is 12.6. The van der Waals surface area contributed by atoms with E-state index in [0.29, 0.717) is 24.7 Å². The molecule has 0 aliphatic rings. The van der Waals surface area contributed by atoms with Gasteiger partial charge in [0.05, 0.1) is 18.1 Å². The highest BCUT2D eigenvalue weighted by Crippen LogP contribution is 2.31. The normalized spacial score (nSPS) is 12.6. The van der Waals surface area contributed by atoms with Crippen molar-refractivity contribution in [2.75, 3.05) is 19.5 Å². The smallest absolute Gasteiger partial charge is 0.241 e. The summed E-state index contributed by atoms with van der Waals surface area (Å²) in [5.41, 5.74) is 0.807. The van der Waals surface area contributed by atoms with Crippen LogP contribution in [0.5, 0.6) is 11.5 Å². The first kappa shape index (κ1) is 20.6. The predicted octanol–water partition coefficient (Wildman–Crippen LogP) is 4.25. The van der Waals surface area contributed by atoms with Crippen LogP contribution in [0.1, 0.15) is 32.4 Å². The Hall–Kier alpha value is -1.70. The van der Waals surface area contributed by atoms with Crippen molar-refractivity contribution in [3.63, 3.8) is 0 Å². The van der Waals surface area contributed by atoms with Crippen LogP contribution in [0.4, 0.5) is 0 Å². The van der Waals surface area contributed by atoms with Crippen molar-refractivity contribution in [1.82, 2.24) is 4.72 Å². The Bertz CT molecular complexity index is 820. The highest BCUT2D eigenvalue weighted by Gasteiger charge is 2.19. The van der Waals surface area contributed by atoms with Crippen molar-refractivity contribution in [1.29, 1.82) is 0 Å². The van der Waals surface area contributed by atoms with E-state index in [-0.39, 0.29) is 4.90 Å². The number of hydrogen-bond donors (Lipinski definition) is 1. The zero-order valence-corrected chi connectivity index (χ0v) is 17.1. The predicted molar refractivity (Wildman–Crippen MR) is 106 cm³/mol. The number of thioether (sulfide) groups is 1. The third-order valence-corrected chi connectivity index (χ3v) is 6.07. The summed E-state index contributed by atoms with van der Waals surface area (Å²) in [4.78, 5) is 1.27. The van der Waals surface area contributed by atoms with Gasteiger partial charge >= 0.3 is 0 Å². The minimum absolute atomic E-state index is 0.248. The van der Waals surface area contributed by atoms with Gasteiger partial charge in [-0.15, -0.1) is 11.8 Å². The number of benzene rings is 2. The van der Waals surface area contributed by atoms with E-state index in [9.17, 15) is 8.42 Å². The lowest BCUT2D eigenvalue weighted by Gasteiger charge is -2.17. The summed E-state index contributed by atoms with van der Waals surface area (Å²) in [6, 6.07) is 11.9. The molecule has 0 bridgehead atoms. The topological polar surface area (TPSA) is 64.6 Å². The van der Waals surface area contributed by atoms with Crippen molar-refractivity contribution in [3.05, 3.63) is 48.0 Å². The van der Waals surface area contributed by atoms with E-state index in [0.717, 1.165) is 10.5 Å². The Balaban J connectivity index is 2.22. The molecule has 2 aromatic rings. The molecule has 0 fully saturated rings. The van der Waals surface area contributed by atoms with Crippen LogP contribution in [0.2, 0.25) is 0 Å². The molecular weight excluding hydrogens is 370 g/mol. The summed E-state index contributed by atoms with van der Waals surface area (Å²) in [6.45, 7) is 6.65. The third kappa shape index (κ3) is 5.16.